The third-order valence-corrected chi connectivity index (χ3v) is 3.90. The van der Waals surface area contributed by atoms with Gasteiger partial charge in [-0.05, 0) is 58.8 Å². The number of hydrogen-bond acceptors (Lipinski definition) is 3. The summed E-state index contributed by atoms with van der Waals surface area (Å²) < 4.78 is 11.7. The van der Waals surface area contributed by atoms with Crippen molar-refractivity contribution in [2.45, 2.75) is 6.92 Å². The summed E-state index contributed by atoms with van der Waals surface area (Å²) in [4.78, 5) is 12.2. The maximum Gasteiger partial charge on any atom is 0.185 e. The van der Waals surface area contributed by atoms with E-state index in [0.29, 0.717) is 28.7 Å². The summed E-state index contributed by atoms with van der Waals surface area (Å²) in [5, 5.41) is 0.537. The SMILES string of the molecule is CCOc1c(Br)cc(/C=C/C(=O)c2cccc(Cl)c2)cc1OC. The van der Waals surface area contributed by atoms with Crippen molar-refractivity contribution in [2.75, 3.05) is 13.7 Å². The second kappa shape index (κ2) is 8.18. The van der Waals surface area contributed by atoms with Gasteiger partial charge >= 0.3 is 0 Å². The first-order valence-electron chi connectivity index (χ1n) is 7.03. The number of hydrogen-bond donors (Lipinski definition) is 0. The van der Waals surface area contributed by atoms with Gasteiger partial charge in [0.15, 0.2) is 17.3 Å². The first-order valence-corrected chi connectivity index (χ1v) is 8.20. The maximum absolute atomic E-state index is 12.2. The molecule has 0 bridgehead atoms. The summed E-state index contributed by atoms with van der Waals surface area (Å²) in [5.74, 6) is 1.14. The van der Waals surface area contributed by atoms with Gasteiger partial charge in [-0.2, -0.15) is 0 Å². The Morgan fingerprint density at radius 2 is 2.09 bits per heavy atom. The minimum absolute atomic E-state index is 0.114. The lowest BCUT2D eigenvalue weighted by molar-refractivity contribution is 0.104. The van der Waals surface area contributed by atoms with Gasteiger partial charge < -0.3 is 9.47 Å². The molecule has 0 unspecified atom stereocenters. The molecule has 2 aromatic rings. The zero-order chi connectivity index (χ0) is 16.8. The van der Waals surface area contributed by atoms with Gasteiger partial charge in [0.25, 0.3) is 0 Å². The molecule has 0 N–H and O–H groups in total. The summed E-state index contributed by atoms with van der Waals surface area (Å²) in [5.41, 5.74) is 1.37. The molecular weight excluding hydrogens is 380 g/mol. The van der Waals surface area contributed by atoms with Crippen molar-refractivity contribution in [2.24, 2.45) is 0 Å². The number of allylic oxidation sites excluding steroid dienone is 1. The van der Waals surface area contributed by atoms with E-state index in [9.17, 15) is 4.79 Å². The molecule has 0 aliphatic rings. The van der Waals surface area contributed by atoms with Gasteiger partial charge in [-0.3, -0.25) is 4.79 Å². The van der Waals surface area contributed by atoms with Crippen LogP contribution in [0.2, 0.25) is 5.02 Å². The van der Waals surface area contributed by atoms with Crippen molar-refractivity contribution in [1.82, 2.24) is 0 Å². The summed E-state index contributed by atoms with van der Waals surface area (Å²) in [6, 6.07) is 10.5. The Labute approximate surface area is 149 Å². The van der Waals surface area contributed by atoms with Gasteiger partial charge in [0, 0.05) is 10.6 Å². The standard InChI is InChI=1S/C18H16BrClO3/c1-3-23-18-15(19)9-12(10-17(18)22-2)7-8-16(21)13-5-4-6-14(20)11-13/h4-11H,3H2,1-2H3/b8-7+. The van der Waals surface area contributed by atoms with Crippen LogP contribution in [0.3, 0.4) is 0 Å². The van der Waals surface area contributed by atoms with Crippen molar-refractivity contribution in [3.63, 3.8) is 0 Å². The molecule has 0 spiro atoms. The summed E-state index contributed by atoms with van der Waals surface area (Å²) in [7, 11) is 1.58. The van der Waals surface area contributed by atoms with E-state index in [2.05, 4.69) is 15.9 Å². The molecule has 0 atom stereocenters. The Kier molecular flexibility index (Phi) is 6.25. The van der Waals surface area contributed by atoms with Gasteiger partial charge in [0.05, 0.1) is 18.2 Å². The van der Waals surface area contributed by atoms with E-state index < -0.39 is 0 Å². The van der Waals surface area contributed by atoms with Crippen molar-refractivity contribution < 1.29 is 14.3 Å². The fourth-order valence-electron chi connectivity index (χ4n) is 2.03. The highest BCUT2D eigenvalue weighted by atomic mass is 79.9. The van der Waals surface area contributed by atoms with Crippen LogP contribution in [-0.2, 0) is 0 Å². The Morgan fingerprint density at radius 3 is 2.74 bits per heavy atom. The van der Waals surface area contributed by atoms with E-state index in [-0.39, 0.29) is 5.78 Å². The normalized spacial score (nSPS) is 10.8. The van der Waals surface area contributed by atoms with Gasteiger partial charge in [-0.1, -0.05) is 29.8 Å². The predicted molar refractivity (Wildman–Crippen MR) is 96.7 cm³/mol. The number of carbonyl (C=O) groups is 1. The van der Waals surface area contributed by atoms with Crippen molar-refractivity contribution >= 4 is 39.4 Å². The van der Waals surface area contributed by atoms with Crippen LogP contribution in [0.15, 0.2) is 46.9 Å². The topological polar surface area (TPSA) is 35.5 Å². The van der Waals surface area contributed by atoms with E-state index in [4.69, 9.17) is 21.1 Å². The average molecular weight is 396 g/mol. The summed E-state index contributed by atoms with van der Waals surface area (Å²) in [6.45, 7) is 2.45. The molecule has 3 nitrogen and oxygen atoms in total. The molecule has 2 aromatic carbocycles. The van der Waals surface area contributed by atoms with Crippen molar-refractivity contribution in [3.05, 3.63) is 63.1 Å². The van der Waals surface area contributed by atoms with Gasteiger partial charge in [-0.25, -0.2) is 0 Å². The largest absolute Gasteiger partial charge is 0.493 e. The van der Waals surface area contributed by atoms with Crippen LogP contribution in [0.5, 0.6) is 11.5 Å². The van der Waals surface area contributed by atoms with Crippen molar-refractivity contribution in [3.8, 4) is 11.5 Å². The highest BCUT2D eigenvalue weighted by Crippen LogP contribution is 2.37. The number of halogens is 2. The lowest BCUT2D eigenvalue weighted by Gasteiger charge is -2.12. The van der Waals surface area contributed by atoms with E-state index in [1.54, 1.807) is 37.5 Å². The summed E-state index contributed by atoms with van der Waals surface area (Å²) in [6.07, 6.45) is 3.24. The third kappa shape index (κ3) is 4.60. The second-order valence-electron chi connectivity index (χ2n) is 4.68. The molecule has 0 aromatic heterocycles. The first kappa shape index (κ1) is 17.6. The number of ketones is 1. The molecule has 0 fully saturated rings. The number of benzene rings is 2. The predicted octanol–water partition coefficient (Wildman–Crippen LogP) is 5.41. The number of carbonyl (C=O) groups excluding carboxylic acids is 1. The molecule has 0 radical (unpaired) electrons. The molecule has 0 saturated carbocycles. The molecule has 23 heavy (non-hydrogen) atoms. The molecule has 0 aliphatic carbocycles. The molecule has 0 saturated heterocycles. The number of ether oxygens (including phenoxy) is 2. The van der Waals surface area contributed by atoms with Crippen LogP contribution in [-0.4, -0.2) is 19.5 Å². The zero-order valence-electron chi connectivity index (χ0n) is 12.8. The van der Waals surface area contributed by atoms with Crippen LogP contribution < -0.4 is 9.47 Å². The average Bonchev–Trinajstić information content (AvgIpc) is 2.54. The Hall–Kier alpha value is -1.78. The maximum atomic E-state index is 12.2. The monoisotopic (exact) mass is 394 g/mol. The minimum Gasteiger partial charge on any atom is -0.493 e. The first-order chi connectivity index (χ1) is 11.0. The van der Waals surface area contributed by atoms with E-state index >= 15 is 0 Å². The molecule has 0 heterocycles. The minimum atomic E-state index is -0.114. The number of rotatable bonds is 6. The summed E-state index contributed by atoms with van der Waals surface area (Å²) >= 11 is 9.36. The van der Waals surface area contributed by atoms with Gasteiger partial charge in [0.2, 0.25) is 0 Å². The highest BCUT2D eigenvalue weighted by Gasteiger charge is 2.10. The number of methoxy groups -OCH3 is 1. The Morgan fingerprint density at radius 1 is 1.30 bits per heavy atom. The quantitative estimate of drug-likeness (QED) is 0.485. The zero-order valence-corrected chi connectivity index (χ0v) is 15.1. The molecule has 5 heteroatoms. The second-order valence-corrected chi connectivity index (χ2v) is 5.97. The third-order valence-electron chi connectivity index (χ3n) is 3.08. The van der Waals surface area contributed by atoms with Gasteiger partial charge in [0.1, 0.15) is 0 Å². The van der Waals surface area contributed by atoms with Crippen LogP contribution in [0.1, 0.15) is 22.8 Å². The molecular formula is C18H16BrClO3. The molecule has 0 aliphatic heterocycles. The smallest absolute Gasteiger partial charge is 0.185 e. The fourth-order valence-corrected chi connectivity index (χ4v) is 2.79. The molecule has 120 valence electrons. The van der Waals surface area contributed by atoms with Gasteiger partial charge in [-0.15, -0.1) is 0 Å². The highest BCUT2D eigenvalue weighted by molar-refractivity contribution is 9.10. The van der Waals surface area contributed by atoms with E-state index in [1.807, 2.05) is 19.1 Å². The lowest BCUT2D eigenvalue weighted by Crippen LogP contribution is -1.97. The molecule has 2 rings (SSSR count). The van der Waals surface area contributed by atoms with Crippen LogP contribution in [0.4, 0.5) is 0 Å². The van der Waals surface area contributed by atoms with Crippen LogP contribution >= 0.6 is 27.5 Å². The fraction of sp³-hybridized carbons (Fsp3) is 0.167. The molecule has 0 amide bonds. The Balaban J connectivity index is 2.25. The van der Waals surface area contributed by atoms with Crippen LogP contribution in [0.25, 0.3) is 6.08 Å². The Bertz CT molecular complexity index is 741. The van der Waals surface area contributed by atoms with Crippen molar-refractivity contribution in [1.29, 1.82) is 0 Å². The van der Waals surface area contributed by atoms with E-state index in [1.165, 1.54) is 6.08 Å². The lowest BCUT2D eigenvalue weighted by atomic mass is 10.1. The van der Waals surface area contributed by atoms with Crippen LogP contribution in [0, 0.1) is 0 Å². The van der Waals surface area contributed by atoms with E-state index in [0.717, 1.165) is 10.0 Å².